The number of hydrogen-bond acceptors (Lipinski definition) is 3. The van der Waals surface area contributed by atoms with E-state index < -0.39 is 11.7 Å². The number of hydrogen-bond donors (Lipinski definition) is 1. The maximum atomic E-state index is 12.7. The number of nitrogens with one attached hydrogen (secondary N) is 1. The summed E-state index contributed by atoms with van der Waals surface area (Å²) < 4.78 is 38.0. The third kappa shape index (κ3) is 2.97. The molecule has 0 fully saturated rings. The van der Waals surface area contributed by atoms with Crippen LogP contribution in [0.3, 0.4) is 0 Å². The zero-order valence-electron chi connectivity index (χ0n) is 8.66. The summed E-state index contributed by atoms with van der Waals surface area (Å²) >= 11 is 1.40. The Morgan fingerprint density at radius 2 is 2.00 bits per heavy atom. The van der Waals surface area contributed by atoms with Crippen molar-refractivity contribution in [2.75, 3.05) is 5.32 Å². The van der Waals surface area contributed by atoms with Crippen molar-refractivity contribution < 1.29 is 13.2 Å². The molecule has 0 amide bonds. The zero-order chi connectivity index (χ0) is 12.3. The molecule has 17 heavy (non-hydrogen) atoms. The monoisotopic (exact) mass is 258 g/mol. The SMILES string of the molecule is FC(F)(F)c1ccccc1NCc1cncs1. The van der Waals surface area contributed by atoms with Crippen LogP contribution >= 0.6 is 11.3 Å². The van der Waals surface area contributed by atoms with Crippen molar-refractivity contribution in [1.82, 2.24) is 4.98 Å². The van der Waals surface area contributed by atoms with Crippen molar-refractivity contribution in [1.29, 1.82) is 0 Å². The van der Waals surface area contributed by atoms with E-state index in [1.54, 1.807) is 17.8 Å². The summed E-state index contributed by atoms with van der Waals surface area (Å²) in [7, 11) is 0. The molecule has 1 heterocycles. The maximum absolute atomic E-state index is 12.7. The van der Waals surface area contributed by atoms with E-state index in [1.807, 2.05) is 0 Å². The Morgan fingerprint density at radius 3 is 2.65 bits per heavy atom. The molecule has 2 nitrogen and oxygen atoms in total. The average Bonchev–Trinajstić information content (AvgIpc) is 2.78. The Balaban J connectivity index is 2.16. The van der Waals surface area contributed by atoms with Crippen LogP contribution in [0.1, 0.15) is 10.4 Å². The number of rotatable bonds is 3. The van der Waals surface area contributed by atoms with Gasteiger partial charge in [0.15, 0.2) is 0 Å². The molecule has 2 aromatic rings. The Kier molecular flexibility index (Phi) is 3.33. The van der Waals surface area contributed by atoms with E-state index in [1.165, 1.54) is 23.5 Å². The second-order valence-corrected chi connectivity index (χ2v) is 4.34. The van der Waals surface area contributed by atoms with Crippen molar-refractivity contribution in [2.24, 2.45) is 0 Å². The molecule has 0 unspecified atom stereocenters. The first-order valence-electron chi connectivity index (χ1n) is 4.85. The summed E-state index contributed by atoms with van der Waals surface area (Å²) in [6.45, 7) is 0.345. The highest BCUT2D eigenvalue weighted by Gasteiger charge is 2.32. The van der Waals surface area contributed by atoms with Crippen molar-refractivity contribution >= 4 is 17.0 Å². The minimum Gasteiger partial charge on any atom is -0.380 e. The van der Waals surface area contributed by atoms with Gasteiger partial charge in [0.25, 0.3) is 0 Å². The number of halogens is 3. The van der Waals surface area contributed by atoms with Gasteiger partial charge in [-0.15, -0.1) is 11.3 Å². The Bertz CT molecular complexity index is 480. The number of aromatic nitrogens is 1. The van der Waals surface area contributed by atoms with Crippen LogP contribution in [-0.2, 0) is 12.7 Å². The molecule has 6 heteroatoms. The lowest BCUT2D eigenvalue weighted by Crippen LogP contribution is -2.10. The van der Waals surface area contributed by atoms with Crippen LogP contribution in [0, 0.1) is 0 Å². The fourth-order valence-electron chi connectivity index (χ4n) is 1.40. The fourth-order valence-corrected chi connectivity index (χ4v) is 1.93. The molecular weight excluding hydrogens is 249 g/mol. The standard InChI is InChI=1S/C11H9F3N2S/c12-11(13,14)9-3-1-2-4-10(9)16-6-8-5-15-7-17-8/h1-5,7,16H,6H2. The van der Waals surface area contributed by atoms with Crippen molar-refractivity contribution in [3.8, 4) is 0 Å². The van der Waals surface area contributed by atoms with Gasteiger partial charge in [0.2, 0.25) is 0 Å². The number of thiazole rings is 1. The van der Waals surface area contributed by atoms with Gasteiger partial charge in [-0.05, 0) is 12.1 Å². The highest BCUT2D eigenvalue weighted by atomic mass is 32.1. The number of benzene rings is 1. The van der Waals surface area contributed by atoms with Crippen LogP contribution in [0.4, 0.5) is 18.9 Å². The van der Waals surface area contributed by atoms with Crippen LogP contribution in [0.25, 0.3) is 0 Å². The van der Waals surface area contributed by atoms with Crippen molar-refractivity contribution in [3.05, 3.63) is 46.4 Å². The van der Waals surface area contributed by atoms with E-state index in [-0.39, 0.29) is 5.69 Å². The van der Waals surface area contributed by atoms with Gasteiger partial charge in [-0.25, -0.2) is 0 Å². The van der Waals surface area contributed by atoms with E-state index >= 15 is 0 Å². The maximum Gasteiger partial charge on any atom is 0.418 e. The lowest BCUT2D eigenvalue weighted by Gasteiger charge is -2.13. The van der Waals surface area contributed by atoms with Gasteiger partial charge in [0, 0.05) is 16.8 Å². The van der Waals surface area contributed by atoms with Gasteiger partial charge >= 0.3 is 6.18 Å². The van der Waals surface area contributed by atoms with E-state index in [4.69, 9.17) is 0 Å². The number of nitrogens with zero attached hydrogens (tertiary/aromatic N) is 1. The summed E-state index contributed by atoms with van der Waals surface area (Å²) in [5, 5.41) is 2.77. The highest BCUT2D eigenvalue weighted by Crippen LogP contribution is 2.34. The number of anilines is 1. The summed E-state index contributed by atoms with van der Waals surface area (Å²) in [6.07, 6.45) is -2.70. The first kappa shape index (κ1) is 11.9. The first-order chi connectivity index (χ1) is 8.07. The minimum atomic E-state index is -4.34. The molecule has 0 bridgehead atoms. The molecular formula is C11H9F3N2S. The van der Waals surface area contributed by atoms with Crippen LogP contribution in [0.2, 0.25) is 0 Å². The number of alkyl halides is 3. The summed E-state index contributed by atoms with van der Waals surface area (Å²) in [6, 6.07) is 5.43. The molecule has 0 aliphatic heterocycles. The van der Waals surface area contributed by atoms with Crippen LogP contribution in [0.5, 0.6) is 0 Å². The third-order valence-corrected chi connectivity index (χ3v) is 2.95. The molecule has 0 aliphatic rings. The summed E-state index contributed by atoms with van der Waals surface area (Å²) in [4.78, 5) is 4.75. The van der Waals surface area contributed by atoms with Gasteiger partial charge in [-0.2, -0.15) is 13.2 Å². The second kappa shape index (κ2) is 4.75. The third-order valence-electron chi connectivity index (χ3n) is 2.17. The molecule has 0 radical (unpaired) electrons. The van der Waals surface area contributed by atoms with E-state index in [0.29, 0.717) is 6.54 Å². The van der Waals surface area contributed by atoms with Gasteiger partial charge in [-0.1, -0.05) is 12.1 Å². The zero-order valence-corrected chi connectivity index (χ0v) is 9.48. The van der Waals surface area contributed by atoms with E-state index in [2.05, 4.69) is 10.3 Å². The van der Waals surface area contributed by atoms with Crippen LogP contribution in [-0.4, -0.2) is 4.98 Å². The van der Waals surface area contributed by atoms with Crippen LogP contribution < -0.4 is 5.32 Å². The number of para-hydroxylation sites is 1. The lowest BCUT2D eigenvalue weighted by molar-refractivity contribution is -0.136. The summed E-state index contributed by atoms with van der Waals surface area (Å²) in [5.74, 6) is 0. The molecule has 0 aliphatic carbocycles. The van der Waals surface area contributed by atoms with Crippen molar-refractivity contribution in [3.63, 3.8) is 0 Å². The molecule has 1 aromatic carbocycles. The molecule has 1 N–H and O–H groups in total. The van der Waals surface area contributed by atoms with Gasteiger partial charge in [-0.3, -0.25) is 4.98 Å². The van der Waals surface area contributed by atoms with E-state index in [9.17, 15) is 13.2 Å². The molecule has 90 valence electrons. The van der Waals surface area contributed by atoms with E-state index in [0.717, 1.165) is 10.9 Å². The first-order valence-corrected chi connectivity index (χ1v) is 5.73. The minimum absolute atomic E-state index is 0.0911. The average molecular weight is 258 g/mol. The van der Waals surface area contributed by atoms with Gasteiger partial charge in [0.1, 0.15) is 0 Å². The largest absolute Gasteiger partial charge is 0.418 e. The van der Waals surface area contributed by atoms with Gasteiger partial charge < -0.3 is 5.32 Å². The van der Waals surface area contributed by atoms with Gasteiger partial charge in [0.05, 0.1) is 17.6 Å². The highest BCUT2D eigenvalue weighted by molar-refractivity contribution is 7.09. The topological polar surface area (TPSA) is 24.9 Å². The Morgan fingerprint density at radius 1 is 1.24 bits per heavy atom. The van der Waals surface area contributed by atoms with Crippen molar-refractivity contribution in [2.45, 2.75) is 12.7 Å². The molecule has 0 spiro atoms. The van der Waals surface area contributed by atoms with Crippen LogP contribution in [0.15, 0.2) is 36.0 Å². The normalized spacial score (nSPS) is 11.5. The molecule has 0 saturated carbocycles. The lowest BCUT2D eigenvalue weighted by atomic mass is 10.1. The Labute approximate surface area is 100 Å². The second-order valence-electron chi connectivity index (χ2n) is 3.36. The molecule has 0 atom stereocenters. The molecule has 1 aromatic heterocycles. The summed E-state index contributed by atoms with van der Waals surface area (Å²) in [5.41, 5.74) is 1.09. The Hall–Kier alpha value is -1.56. The predicted molar refractivity (Wildman–Crippen MR) is 60.9 cm³/mol. The molecule has 0 saturated heterocycles. The quantitative estimate of drug-likeness (QED) is 0.906. The molecule has 2 rings (SSSR count). The fraction of sp³-hybridized carbons (Fsp3) is 0.182. The predicted octanol–water partition coefficient (Wildman–Crippen LogP) is 3.77. The smallest absolute Gasteiger partial charge is 0.380 e.